The van der Waals surface area contributed by atoms with E-state index in [4.69, 9.17) is 10.8 Å². The van der Waals surface area contributed by atoms with Crippen LogP contribution in [-0.2, 0) is 17.8 Å². The fourth-order valence-electron chi connectivity index (χ4n) is 3.92. The van der Waals surface area contributed by atoms with Crippen LogP contribution in [0.15, 0.2) is 24.3 Å². The maximum Gasteiger partial charge on any atom is 0.222 e. The van der Waals surface area contributed by atoms with Crippen molar-refractivity contribution in [1.82, 2.24) is 14.7 Å². The zero-order chi connectivity index (χ0) is 19.4. The van der Waals surface area contributed by atoms with E-state index in [9.17, 15) is 4.79 Å². The first-order valence-electron chi connectivity index (χ1n) is 10.0. The van der Waals surface area contributed by atoms with Gasteiger partial charge in [0.25, 0.3) is 0 Å². The van der Waals surface area contributed by atoms with Crippen molar-refractivity contribution < 1.29 is 4.79 Å². The number of carbonyl (C=O) groups is 1. The minimum absolute atomic E-state index is 0.260. The first kappa shape index (κ1) is 19.6. The molecule has 0 atom stereocenters. The van der Waals surface area contributed by atoms with Gasteiger partial charge in [-0.2, -0.15) is 5.10 Å². The highest BCUT2D eigenvalue weighted by Gasteiger charge is 2.22. The monoisotopic (exact) mass is 368 g/mol. The molecule has 2 aromatic rings. The number of piperidine rings is 1. The van der Waals surface area contributed by atoms with E-state index in [0.29, 0.717) is 12.3 Å². The predicted molar refractivity (Wildman–Crippen MR) is 109 cm³/mol. The summed E-state index contributed by atoms with van der Waals surface area (Å²) in [5.74, 6) is 0.842. The molecule has 1 saturated heterocycles. The standard InChI is InChI=1S/C22H32N4O/c1-16-4-6-20(7-5-16)15-26-18(3)21(17(2)24-26)8-9-22(27)25-12-10-19(14-23)11-13-25/h4-7,19H,8-15,23H2,1-3H3. The van der Waals surface area contributed by atoms with Crippen molar-refractivity contribution in [2.75, 3.05) is 19.6 Å². The average molecular weight is 369 g/mol. The molecule has 0 spiro atoms. The van der Waals surface area contributed by atoms with Crippen LogP contribution in [0.2, 0.25) is 0 Å². The van der Waals surface area contributed by atoms with Gasteiger partial charge in [-0.05, 0) is 63.6 Å². The van der Waals surface area contributed by atoms with E-state index in [1.807, 2.05) is 11.8 Å². The van der Waals surface area contributed by atoms with Crippen molar-refractivity contribution in [3.8, 4) is 0 Å². The van der Waals surface area contributed by atoms with Gasteiger partial charge < -0.3 is 10.6 Å². The van der Waals surface area contributed by atoms with Crippen molar-refractivity contribution in [3.63, 3.8) is 0 Å². The van der Waals surface area contributed by atoms with Gasteiger partial charge in [0, 0.05) is 25.2 Å². The van der Waals surface area contributed by atoms with Crippen molar-refractivity contribution in [3.05, 3.63) is 52.3 Å². The van der Waals surface area contributed by atoms with Gasteiger partial charge in [0.05, 0.1) is 12.2 Å². The second kappa shape index (κ2) is 8.70. The maximum atomic E-state index is 12.6. The third-order valence-corrected chi connectivity index (χ3v) is 5.87. The number of rotatable bonds is 6. The largest absolute Gasteiger partial charge is 0.343 e. The molecule has 1 aliphatic rings. The van der Waals surface area contributed by atoms with Crippen molar-refractivity contribution >= 4 is 5.91 Å². The fraction of sp³-hybridized carbons (Fsp3) is 0.545. The number of nitrogens with zero attached hydrogens (tertiary/aromatic N) is 3. The SMILES string of the molecule is Cc1ccc(Cn2nc(C)c(CCC(=O)N3CCC(CN)CC3)c2C)cc1. The highest BCUT2D eigenvalue weighted by molar-refractivity contribution is 5.76. The summed E-state index contributed by atoms with van der Waals surface area (Å²) in [6.07, 6.45) is 3.40. The summed E-state index contributed by atoms with van der Waals surface area (Å²) in [4.78, 5) is 14.6. The molecule has 1 aliphatic heterocycles. The van der Waals surface area contributed by atoms with E-state index in [1.54, 1.807) is 0 Å². The molecule has 146 valence electrons. The molecule has 3 rings (SSSR count). The van der Waals surface area contributed by atoms with E-state index < -0.39 is 0 Å². The molecule has 1 amide bonds. The van der Waals surface area contributed by atoms with Gasteiger partial charge in [0.2, 0.25) is 5.91 Å². The van der Waals surface area contributed by atoms with Gasteiger partial charge in [-0.25, -0.2) is 0 Å². The Hall–Kier alpha value is -2.14. The van der Waals surface area contributed by atoms with E-state index >= 15 is 0 Å². The molecule has 5 heteroatoms. The first-order chi connectivity index (χ1) is 13.0. The molecule has 0 unspecified atom stereocenters. The molecule has 0 saturated carbocycles. The lowest BCUT2D eigenvalue weighted by molar-refractivity contribution is -0.132. The molecule has 27 heavy (non-hydrogen) atoms. The molecule has 0 aliphatic carbocycles. The molecule has 1 aromatic heterocycles. The normalized spacial score (nSPS) is 15.3. The summed E-state index contributed by atoms with van der Waals surface area (Å²) in [5.41, 5.74) is 11.7. The number of aromatic nitrogens is 2. The molecule has 2 N–H and O–H groups in total. The number of carbonyl (C=O) groups excluding carboxylic acids is 1. The van der Waals surface area contributed by atoms with Crippen LogP contribution < -0.4 is 5.73 Å². The summed E-state index contributed by atoms with van der Waals surface area (Å²) in [6.45, 7) is 9.47. The Bertz CT molecular complexity index is 770. The van der Waals surface area contributed by atoms with Crippen LogP contribution in [0.4, 0.5) is 0 Å². The van der Waals surface area contributed by atoms with Gasteiger partial charge in [0.15, 0.2) is 0 Å². The smallest absolute Gasteiger partial charge is 0.222 e. The number of benzene rings is 1. The van der Waals surface area contributed by atoms with E-state index in [1.165, 1.54) is 22.4 Å². The zero-order valence-electron chi connectivity index (χ0n) is 16.9. The Labute approximate surface area is 162 Å². The molecular weight excluding hydrogens is 336 g/mol. The lowest BCUT2D eigenvalue weighted by atomic mass is 9.96. The number of nitrogens with two attached hydrogens (primary N) is 1. The molecule has 0 radical (unpaired) electrons. The minimum Gasteiger partial charge on any atom is -0.343 e. The van der Waals surface area contributed by atoms with Crippen LogP contribution in [0.1, 0.15) is 47.3 Å². The predicted octanol–water partition coefficient (Wildman–Crippen LogP) is 2.99. The highest BCUT2D eigenvalue weighted by Crippen LogP contribution is 2.20. The molecule has 2 heterocycles. The fourth-order valence-corrected chi connectivity index (χ4v) is 3.92. The highest BCUT2D eigenvalue weighted by atomic mass is 16.2. The Morgan fingerprint density at radius 2 is 1.81 bits per heavy atom. The Morgan fingerprint density at radius 3 is 2.44 bits per heavy atom. The zero-order valence-corrected chi connectivity index (χ0v) is 16.9. The summed E-state index contributed by atoms with van der Waals surface area (Å²) in [5, 5.41) is 4.72. The number of aryl methyl sites for hydroxylation is 2. The second-order valence-corrected chi connectivity index (χ2v) is 7.85. The molecule has 0 bridgehead atoms. The maximum absolute atomic E-state index is 12.6. The van der Waals surface area contributed by atoms with Crippen LogP contribution in [0.3, 0.4) is 0 Å². The van der Waals surface area contributed by atoms with E-state index in [-0.39, 0.29) is 5.91 Å². The number of amides is 1. The third-order valence-electron chi connectivity index (χ3n) is 5.87. The van der Waals surface area contributed by atoms with Crippen molar-refractivity contribution in [2.45, 2.75) is 53.0 Å². The van der Waals surface area contributed by atoms with Crippen molar-refractivity contribution in [2.24, 2.45) is 11.7 Å². The minimum atomic E-state index is 0.260. The second-order valence-electron chi connectivity index (χ2n) is 7.85. The summed E-state index contributed by atoms with van der Waals surface area (Å²) < 4.78 is 2.06. The van der Waals surface area contributed by atoms with Gasteiger partial charge in [-0.1, -0.05) is 29.8 Å². The first-order valence-corrected chi connectivity index (χ1v) is 10.0. The lowest BCUT2D eigenvalue weighted by Crippen LogP contribution is -2.40. The molecule has 5 nitrogen and oxygen atoms in total. The van der Waals surface area contributed by atoms with Gasteiger partial charge in [0.1, 0.15) is 0 Å². The summed E-state index contributed by atoms with van der Waals surface area (Å²) in [6, 6.07) is 8.57. The van der Waals surface area contributed by atoms with Crippen LogP contribution >= 0.6 is 0 Å². The molecule has 1 aromatic carbocycles. The van der Waals surface area contributed by atoms with E-state index in [0.717, 1.165) is 51.1 Å². The van der Waals surface area contributed by atoms with Crippen LogP contribution in [0.25, 0.3) is 0 Å². The molecule has 1 fully saturated rings. The molecular formula is C22H32N4O. The van der Waals surface area contributed by atoms with Gasteiger partial charge in [-0.15, -0.1) is 0 Å². The van der Waals surface area contributed by atoms with Crippen LogP contribution in [0.5, 0.6) is 0 Å². The van der Waals surface area contributed by atoms with E-state index in [2.05, 4.69) is 42.8 Å². The number of hydrogen-bond donors (Lipinski definition) is 1. The van der Waals surface area contributed by atoms with Crippen LogP contribution in [-0.4, -0.2) is 40.2 Å². The quantitative estimate of drug-likeness (QED) is 0.852. The van der Waals surface area contributed by atoms with Gasteiger partial charge >= 0.3 is 0 Å². The van der Waals surface area contributed by atoms with Gasteiger partial charge in [-0.3, -0.25) is 9.48 Å². The Balaban J connectivity index is 1.59. The summed E-state index contributed by atoms with van der Waals surface area (Å²) >= 11 is 0. The number of likely N-dealkylation sites (tertiary alicyclic amines) is 1. The third kappa shape index (κ3) is 4.78. The average Bonchev–Trinajstić information content (AvgIpc) is 2.94. The Morgan fingerprint density at radius 1 is 1.15 bits per heavy atom. The lowest BCUT2D eigenvalue weighted by Gasteiger charge is -2.31. The summed E-state index contributed by atoms with van der Waals surface area (Å²) in [7, 11) is 0. The van der Waals surface area contributed by atoms with Crippen molar-refractivity contribution in [1.29, 1.82) is 0 Å². The Kier molecular flexibility index (Phi) is 6.32. The van der Waals surface area contributed by atoms with Crippen LogP contribution in [0, 0.1) is 26.7 Å². The topological polar surface area (TPSA) is 64.2 Å². The number of hydrogen-bond acceptors (Lipinski definition) is 3.